The number of carbonyl (C=O) groups excluding carboxylic acids is 2. The second kappa shape index (κ2) is 15.8. The summed E-state index contributed by atoms with van der Waals surface area (Å²) in [6.07, 6.45) is 6.94. The summed E-state index contributed by atoms with van der Waals surface area (Å²) in [6.45, 7) is 3.44. The van der Waals surface area contributed by atoms with E-state index in [0.717, 1.165) is 48.2 Å². The van der Waals surface area contributed by atoms with Gasteiger partial charge in [0.05, 0.1) is 24.9 Å². The Morgan fingerprint density at radius 2 is 1.68 bits per heavy atom. The smallest absolute Gasteiger partial charge is 0.251 e. The third kappa shape index (κ3) is 8.14. The van der Waals surface area contributed by atoms with E-state index in [2.05, 4.69) is 30.0 Å². The lowest BCUT2D eigenvalue weighted by Gasteiger charge is -2.32. The van der Waals surface area contributed by atoms with Crippen molar-refractivity contribution in [3.63, 3.8) is 0 Å². The van der Waals surface area contributed by atoms with Gasteiger partial charge in [0.25, 0.3) is 5.91 Å². The molecule has 2 aromatic heterocycles. The molecular formula is C33H39Cl2N9O3. The first-order chi connectivity index (χ1) is 22.4. The molecule has 0 spiro atoms. The van der Waals surface area contributed by atoms with Crippen molar-refractivity contribution in [2.75, 3.05) is 42.6 Å². The van der Waals surface area contributed by atoms with Gasteiger partial charge in [-0.15, -0.1) is 22.6 Å². The Bertz CT molecular complexity index is 1640. The van der Waals surface area contributed by atoms with Gasteiger partial charge in [-0.1, -0.05) is 24.3 Å². The number of carbonyl (C=O) groups is 2. The molecule has 1 aliphatic heterocycles. The first-order valence-corrected chi connectivity index (χ1v) is 16.0. The normalized spacial score (nSPS) is 18.7. The average Bonchev–Trinajstić information content (AvgIpc) is 3.55. The Labute approximate surface area is 284 Å². The highest BCUT2D eigenvalue weighted by Crippen LogP contribution is 2.32. The summed E-state index contributed by atoms with van der Waals surface area (Å²) in [5.74, 6) is 0.586. The Balaban J connectivity index is 0.00000433. The third-order valence-corrected chi connectivity index (χ3v) is 8.96. The molecule has 0 bridgehead atoms. The number of hydrogen-bond donors (Lipinski definition) is 3. The number of imide groups is 1. The molecular weight excluding hydrogens is 641 g/mol. The predicted molar refractivity (Wildman–Crippen MR) is 183 cm³/mol. The molecule has 2 aliphatic rings. The van der Waals surface area contributed by atoms with E-state index in [1.165, 1.54) is 4.90 Å². The van der Waals surface area contributed by atoms with Crippen molar-refractivity contribution in [1.29, 1.82) is 0 Å². The molecule has 5 N–H and O–H groups in total. The van der Waals surface area contributed by atoms with Gasteiger partial charge < -0.3 is 26.1 Å². The van der Waals surface area contributed by atoms with Crippen molar-refractivity contribution in [3.8, 4) is 22.5 Å². The quantitative estimate of drug-likeness (QED) is 0.235. The van der Waals surface area contributed by atoms with E-state index in [1.807, 2.05) is 24.3 Å². The molecule has 1 atom stereocenters. The van der Waals surface area contributed by atoms with Crippen LogP contribution >= 0.6 is 24.0 Å². The molecule has 12 nitrogen and oxygen atoms in total. The summed E-state index contributed by atoms with van der Waals surface area (Å²) in [5.41, 5.74) is 16.3. The SMILES string of the molecule is Cl.NC[C@H]1CC[C@H](C(=O)N(C(=O)[C@@H](N)Cc2cccc(-c3cnc(N4CCOCC4)nc3)c2)c2ccc(-c3nnc(Cl)[nH]3)cc2)CC1. The van der Waals surface area contributed by atoms with Gasteiger partial charge in [0.2, 0.25) is 17.1 Å². The number of aromatic nitrogens is 5. The van der Waals surface area contributed by atoms with E-state index in [-0.39, 0.29) is 35.9 Å². The van der Waals surface area contributed by atoms with Crippen LogP contribution in [0.2, 0.25) is 5.28 Å². The number of rotatable bonds is 9. The lowest BCUT2D eigenvalue weighted by Crippen LogP contribution is -2.50. The van der Waals surface area contributed by atoms with Crippen LogP contribution in [0.15, 0.2) is 60.9 Å². The summed E-state index contributed by atoms with van der Waals surface area (Å²) in [5, 5.41) is 7.99. The molecule has 2 fully saturated rings. The zero-order chi connectivity index (χ0) is 32.0. The molecule has 0 unspecified atom stereocenters. The number of anilines is 2. The standard InChI is InChI=1S/C33H38ClN9O3.ClH/c34-32-39-29(40-41-32)23-8-10-27(11-9-23)43(30(44)24-6-4-21(18-35)5-7-24)31(45)28(36)17-22-2-1-3-25(16-22)26-19-37-33(38-20-26)42-12-14-46-15-13-42;/h1-3,8-11,16,19-21,24,28H,4-7,12-15,17-18,35-36H2,(H,39,40,41);1H/t21-,24-,28-;/m0./s1. The van der Waals surface area contributed by atoms with Gasteiger partial charge in [0.1, 0.15) is 0 Å². The highest BCUT2D eigenvalue weighted by Gasteiger charge is 2.35. The van der Waals surface area contributed by atoms with Crippen LogP contribution in [0, 0.1) is 11.8 Å². The Hall–Kier alpha value is -3.94. The second-order valence-electron chi connectivity index (χ2n) is 11.9. The van der Waals surface area contributed by atoms with Crippen LogP contribution < -0.4 is 21.3 Å². The highest BCUT2D eigenvalue weighted by atomic mass is 35.5. The fourth-order valence-electron chi connectivity index (χ4n) is 6.11. The van der Waals surface area contributed by atoms with Crippen LogP contribution in [0.5, 0.6) is 0 Å². The molecule has 1 saturated carbocycles. The summed E-state index contributed by atoms with van der Waals surface area (Å²) >= 11 is 5.90. The van der Waals surface area contributed by atoms with Crippen molar-refractivity contribution >= 4 is 47.5 Å². The number of hydrogen-bond acceptors (Lipinski definition) is 10. The van der Waals surface area contributed by atoms with Gasteiger partial charge in [0.15, 0.2) is 5.82 Å². The van der Waals surface area contributed by atoms with Gasteiger partial charge in [0, 0.05) is 42.5 Å². The zero-order valence-electron chi connectivity index (χ0n) is 25.9. The number of H-pyrrole nitrogens is 1. The molecule has 47 heavy (non-hydrogen) atoms. The van der Waals surface area contributed by atoms with E-state index < -0.39 is 11.9 Å². The minimum atomic E-state index is -0.952. The summed E-state index contributed by atoms with van der Waals surface area (Å²) in [7, 11) is 0. The van der Waals surface area contributed by atoms with Crippen molar-refractivity contribution in [1.82, 2.24) is 25.1 Å². The van der Waals surface area contributed by atoms with Crippen LogP contribution in [-0.4, -0.2) is 75.9 Å². The molecule has 6 rings (SSSR count). The van der Waals surface area contributed by atoms with Gasteiger partial charge in [-0.25, -0.2) is 14.9 Å². The third-order valence-electron chi connectivity index (χ3n) is 8.79. The maximum atomic E-state index is 14.0. The molecule has 4 aromatic rings. The predicted octanol–water partition coefficient (Wildman–Crippen LogP) is 4.04. The van der Waals surface area contributed by atoms with Crippen LogP contribution in [0.3, 0.4) is 0 Å². The van der Waals surface area contributed by atoms with Crippen LogP contribution in [0.25, 0.3) is 22.5 Å². The lowest BCUT2D eigenvalue weighted by atomic mass is 9.81. The molecule has 248 valence electrons. The van der Waals surface area contributed by atoms with Gasteiger partial charge in [-0.05, 0) is 91.6 Å². The number of halogens is 2. The Morgan fingerprint density at radius 3 is 2.32 bits per heavy atom. The maximum Gasteiger partial charge on any atom is 0.251 e. The maximum absolute atomic E-state index is 14.0. The second-order valence-corrected chi connectivity index (χ2v) is 12.2. The first-order valence-electron chi connectivity index (χ1n) is 15.7. The number of aromatic amines is 1. The summed E-state index contributed by atoms with van der Waals surface area (Å²) in [6, 6.07) is 13.8. The highest BCUT2D eigenvalue weighted by molar-refractivity contribution is 6.28. The fraction of sp³-hybridized carbons (Fsp3) is 0.394. The van der Waals surface area contributed by atoms with Crippen molar-refractivity contribution in [3.05, 3.63) is 71.8 Å². The minimum Gasteiger partial charge on any atom is -0.378 e. The van der Waals surface area contributed by atoms with Crippen molar-refractivity contribution in [2.24, 2.45) is 23.3 Å². The number of amides is 2. The van der Waals surface area contributed by atoms with E-state index in [9.17, 15) is 9.59 Å². The fourth-order valence-corrected chi connectivity index (χ4v) is 6.24. The number of morpholine rings is 1. The lowest BCUT2D eigenvalue weighted by molar-refractivity contribution is -0.130. The van der Waals surface area contributed by atoms with Gasteiger partial charge in [-0.3, -0.25) is 9.59 Å². The molecule has 1 aliphatic carbocycles. The number of ether oxygens (including phenoxy) is 1. The number of benzene rings is 2. The van der Waals surface area contributed by atoms with Crippen LogP contribution in [0.4, 0.5) is 11.6 Å². The van der Waals surface area contributed by atoms with Gasteiger partial charge >= 0.3 is 0 Å². The number of nitrogens with two attached hydrogens (primary N) is 2. The molecule has 2 amide bonds. The van der Waals surface area contributed by atoms with Crippen LogP contribution in [-0.2, 0) is 20.7 Å². The monoisotopic (exact) mass is 679 g/mol. The zero-order valence-corrected chi connectivity index (χ0v) is 27.5. The van der Waals surface area contributed by atoms with Crippen LogP contribution in [0.1, 0.15) is 31.2 Å². The van der Waals surface area contributed by atoms with Gasteiger partial charge in [-0.2, -0.15) is 0 Å². The van der Waals surface area contributed by atoms with E-state index in [4.69, 9.17) is 27.8 Å². The van der Waals surface area contributed by atoms with E-state index in [1.54, 1.807) is 36.7 Å². The first kappa shape index (κ1) is 34.4. The summed E-state index contributed by atoms with van der Waals surface area (Å²) < 4.78 is 5.42. The van der Waals surface area contributed by atoms with Crippen molar-refractivity contribution in [2.45, 2.75) is 38.1 Å². The molecule has 1 saturated heterocycles. The Kier molecular flexibility index (Phi) is 11.5. The van der Waals surface area contributed by atoms with Crippen molar-refractivity contribution < 1.29 is 14.3 Å². The largest absolute Gasteiger partial charge is 0.378 e. The topological polar surface area (TPSA) is 169 Å². The molecule has 3 heterocycles. The minimum absolute atomic E-state index is 0. The van der Waals surface area contributed by atoms with E-state index in [0.29, 0.717) is 56.0 Å². The summed E-state index contributed by atoms with van der Waals surface area (Å²) in [4.78, 5) is 43.4. The molecule has 2 aromatic carbocycles. The average molecular weight is 681 g/mol. The van der Waals surface area contributed by atoms with E-state index >= 15 is 0 Å². The molecule has 14 heteroatoms. The molecule has 0 radical (unpaired) electrons. The Morgan fingerprint density at radius 1 is 0.979 bits per heavy atom. The number of nitrogens with one attached hydrogen (secondary N) is 1. The number of nitrogens with zero attached hydrogens (tertiary/aromatic N) is 6.